The molecule has 2 rings (SSSR count). The maximum absolute atomic E-state index is 13.7. The second-order valence-corrected chi connectivity index (χ2v) is 14.5. The largest absolute Gasteiger partial charge is 0.481 e. The van der Waals surface area contributed by atoms with Gasteiger partial charge >= 0.3 is 11.9 Å². The Bertz CT molecular complexity index is 1430. The van der Waals surface area contributed by atoms with Crippen molar-refractivity contribution in [1.29, 1.82) is 0 Å². The third-order valence-corrected chi connectivity index (χ3v) is 9.83. The molecule has 0 bridgehead atoms. The molecule has 0 aliphatic carbocycles. The second-order valence-electron chi connectivity index (χ2n) is 13.7. The lowest BCUT2D eigenvalue weighted by Crippen LogP contribution is -2.55. The van der Waals surface area contributed by atoms with Gasteiger partial charge in [-0.3, -0.25) is 24.1 Å². The molecule has 2 aromatic rings. The summed E-state index contributed by atoms with van der Waals surface area (Å²) in [6, 6.07) is 7.77. The Morgan fingerprint density at radius 3 is 2.29 bits per heavy atom. The third-order valence-electron chi connectivity index (χ3n) is 8.89. The van der Waals surface area contributed by atoms with Gasteiger partial charge in [-0.25, -0.2) is 9.78 Å². The number of amides is 3. The number of rotatable bonds is 23. The van der Waals surface area contributed by atoms with Gasteiger partial charge in [0, 0.05) is 30.0 Å². The fraction of sp³-hybridized carbons (Fsp3) is 0.579. The topological polar surface area (TPSA) is 167 Å². The van der Waals surface area contributed by atoms with Crippen molar-refractivity contribution in [2.24, 2.45) is 17.8 Å². The average Bonchev–Trinajstić information content (AvgIpc) is 3.59. The van der Waals surface area contributed by atoms with Gasteiger partial charge in [-0.2, -0.15) is 0 Å². The molecule has 0 saturated heterocycles. The number of aromatic nitrogens is 1. The van der Waals surface area contributed by atoms with Crippen LogP contribution in [0, 0.1) is 17.8 Å². The zero-order chi connectivity index (χ0) is 38.1. The molecule has 1 aromatic heterocycles. The summed E-state index contributed by atoms with van der Waals surface area (Å²) in [5.41, 5.74) is 1.05. The lowest BCUT2D eigenvalue weighted by molar-refractivity contribution is -0.144. The van der Waals surface area contributed by atoms with Gasteiger partial charge in [-0.05, 0) is 50.3 Å². The van der Waals surface area contributed by atoms with Gasteiger partial charge in [0.25, 0.3) is 5.91 Å². The van der Waals surface area contributed by atoms with E-state index in [1.807, 2.05) is 70.0 Å². The first kappa shape index (κ1) is 43.1. The fourth-order valence-electron chi connectivity index (χ4n) is 5.48. The number of hydrogen-bond acceptors (Lipinski definition) is 9. The van der Waals surface area contributed by atoms with Gasteiger partial charge in [0.05, 0.1) is 12.5 Å². The standard InChI is InChI=1S/C38H57N5O7S/c1-9-12-18-43(8)22-32(44)42-34(25(6)10-2)36(47)40-29(24(4)5)21-31(50-33(45)11-3)37-41-30(23-51-37)35(46)39-28(19-26(7)38(48)49)20-27-16-14-13-15-17-27/h11,13-17,23-26,28-29,31,34H,3,9-10,12,18-22H2,1-2,4-8H3,(H,39,46)(H,40,47)(H,42,44)(H,48,49). The molecule has 6 atom stereocenters. The Morgan fingerprint density at radius 2 is 1.71 bits per heavy atom. The van der Waals surface area contributed by atoms with E-state index < -0.39 is 48.0 Å². The van der Waals surface area contributed by atoms with Gasteiger partial charge in [0.15, 0.2) is 6.10 Å². The van der Waals surface area contributed by atoms with Gasteiger partial charge < -0.3 is 25.8 Å². The van der Waals surface area contributed by atoms with Crippen molar-refractivity contribution in [3.8, 4) is 0 Å². The van der Waals surface area contributed by atoms with Crippen molar-refractivity contribution in [3.63, 3.8) is 0 Å². The van der Waals surface area contributed by atoms with Crippen LogP contribution in [0.15, 0.2) is 48.4 Å². The van der Waals surface area contributed by atoms with Crippen LogP contribution in [0.3, 0.4) is 0 Å². The Kier molecular flexibility index (Phi) is 18.6. The van der Waals surface area contributed by atoms with E-state index in [9.17, 15) is 29.1 Å². The van der Waals surface area contributed by atoms with Gasteiger partial charge in [0.1, 0.15) is 16.7 Å². The number of hydrogen-bond donors (Lipinski definition) is 4. The number of nitrogens with zero attached hydrogens (tertiary/aromatic N) is 2. The summed E-state index contributed by atoms with van der Waals surface area (Å²) in [7, 11) is 1.88. The average molecular weight is 728 g/mol. The summed E-state index contributed by atoms with van der Waals surface area (Å²) < 4.78 is 5.72. The zero-order valence-electron chi connectivity index (χ0n) is 31.1. The molecule has 6 unspecified atom stereocenters. The monoisotopic (exact) mass is 727 g/mol. The van der Waals surface area contributed by atoms with E-state index in [1.165, 1.54) is 0 Å². The van der Waals surface area contributed by atoms with Crippen molar-refractivity contribution in [2.45, 2.75) is 104 Å². The highest BCUT2D eigenvalue weighted by Gasteiger charge is 2.32. The van der Waals surface area contributed by atoms with Crippen LogP contribution in [-0.4, -0.2) is 82.9 Å². The van der Waals surface area contributed by atoms with Crippen molar-refractivity contribution in [3.05, 3.63) is 64.6 Å². The molecule has 0 saturated carbocycles. The minimum Gasteiger partial charge on any atom is -0.481 e. The number of nitrogens with one attached hydrogen (secondary N) is 3. The summed E-state index contributed by atoms with van der Waals surface area (Å²) in [6.07, 6.45) is 3.60. The van der Waals surface area contributed by atoms with Crippen LogP contribution >= 0.6 is 11.3 Å². The first-order chi connectivity index (χ1) is 24.2. The maximum Gasteiger partial charge on any atom is 0.330 e. The van der Waals surface area contributed by atoms with Gasteiger partial charge in [-0.15, -0.1) is 11.3 Å². The quantitative estimate of drug-likeness (QED) is 0.0894. The van der Waals surface area contributed by atoms with Gasteiger partial charge in [-0.1, -0.05) is 91.3 Å². The van der Waals surface area contributed by atoms with Crippen LogP contribution in [-0.2, 0) is 30.3 Å². The van der Waals surface area contributed by atoms with Gasteiger partial charge in [0.2, 0.25) is 11.8 Å². The molecule has 12 nitrogen and oxygen atoms in total. The molecule has 0 aliphatic rings. The molecule has 282 valence electrons. The number of aliphatic carboxylic acids is 1. The van der Waals surface area contributed by atoms with Crippen LogP contribution < -0.4 is 16.0 Å². The number of esters is 1. The van der Waals surface area contributed by atoms with E-state index in [1.54, 1.807) is 12.3 Å². The van der Waals surface area contributed by atoms with Crippen molar-refractivity contribution >= 4 is 41.0 Å². The van der Waals surface area contributed by atoms with E-state index in [2.05, 4.69) is 34.4 Å². The Hall–Kier alpha value is -4.10. The molecular formula is C38H57N5O7S. The lowest BCUT2D eigenvalue weighted by Gasteiger charge is -2.30. The second kappa shape index (κ2) is 22.0. The molecule has 0 aliphatic heterocycles. The molecule has 0 spiro atoms. The molecule has 4 N–H and O–H groups in total. The number of unbranched alkanes of at least 4 members (excludes halogenated alkanes) is 1. The molecule has 3 amide bonds. The minimum atomic E-state index is -0.954. The van der Waals surface area contributed by atoms with Crippen LogP contribution in [0.25, 0.3) is 0 Å². The number of benzene rings is 1. The molecule has 1 aromatic carbocycles. The van der Waals surface area contributed by atoms with Crippen LogP contribution in [0.5, 0.6) is 0 Å². The highest BCUT2D eigenvalue weighted by Crippen LogP contribution is 2.29. The van der Waals surface area contributed by atoms with Crippen molar-refractivity contribution < 1.29 is 33.8 Å². The molecule has 13 heteroatoms. The van der Waals surface area contributed by atoms with Crippen LogP contribution in [0.4, 0.5) is 0 Å². The molecule has 0 fully saturated rings. The van der Waals surface area contributed by atoms with E-state index >= 15 is 0 Å². The highest BCUT2D eigenvalue weighted by molar-refractivity contribution is 7.09. The smallest absolute Gasteiger partial charge is 0.330 e. The number of carbonyl (C=O) groups excluding carboxylic acids is 4. The summed E-state index contributed by atoms with van der Waals surface area (Å²) in [5, 5.41) is 20.4. The number of likely N-dealkylation sites (N-methyl/N-ethyl adjacent to an activating group) is 1. The summed E-state index contributed by atoms with van der Waals surface area (Å²) in [6.45, 7) is 15.9. The summed E-state index contributed by atoms with van der Waals surface area (Å²) >= 11 is 1.14. The summed E-state index contributed by atoms with van der Waals surface area (Å²) in [5.74, 6) is -3.60. The Labute approximate surface area is 306 Å². The first-order valence-electron chi connectivity index (χ1n) is 17.8. The number of carbonyl (C=O) groups is 5. The maximum atomic E-state index is 13.7. The van der Waals surface area contributed by atoms with E-state index in [4.69, 9.17) is 4.74 Å². The predicted molar refractivity (Wildman–Crippen MR) is 199 cm³/mol. The number of carboxylic acids is 1. The lowest BCUT2D eigenvalue weighted by atomic mass is 9.94. The highest BCUT2D eigenvalue weighted by atomic mass is 32.1. The molecular weight excluding hydrogens is 671 g/mol. The number of thiazole rings is 1. The minimum absolute atomic E-state index is 0.0926. The summed E-state index contributed by atoms with van der Waals surface area (Å²) in [4.78, 5) is 70.6. The van der Waals surface area contributed by atoms with E-state index in [0.717, 1.165) is 42.4 Å². The van der Waals surface area contributed by atoms with Crippen molar-refractivity contribution in [2.75, 3.05) is 20.1 Å². The third kappa shape index (κ3) is 15.0. The van der Waals surface area contributed by atoms with E-state index in [0.29, 0.717) is 17.8 Å². The van der Waals surface area contributed by atoms with Crippen LogP contribution in [0.2, 0.25) is 0 Å². The Balaban J connectivity index is 2.26. The number of carboxylic acid groups (broad SMARTS) is 1. The molecule has 51 heavy (non-hydrogen) atoms. The molecule has 1 heterocycles. The van der Waals surface area contributed by atoms with Crippen LogP contribution in [0.1, 0.15) is 101 Å². The first-order valence-corrected chi connectivity index (χ1v) is 18.7. The fourth-order valence-corrected chi connectivity index (χ4v) is 6.32. The number of ether oxygens (including phenoxy) is 1. The van der Waals surface area contributed by atoms with Crippen molar-refractivity contribution in [1.82, 2.24) is 25.8 Å². The van der Waals surface area contributed by atoms with E-state index in [-0.39, 0.29) is 48.7 Å². The zero-order valence-corrected chi connectivity index (χ0v) is 32.0. The normalized spacial score (nSPS) is 14.8. The SMILES string of the molecule is C=CC(=O)OC(CC(NC(=O)C(NC(=O)CN(C)CCCC)C(C)CC)C(C)C)c1nc(C(=O)NC(Cc2ccccc2)CC(C)C(=O)O)cs1. The predicted octanol–water partition coefficient (Wildman–Crippen LogP) is 5.16. The Morgan fingerprint density at radius 1 is 1.02 bits per heavy atom. The molecule has 0 radical (unpaired) electrons.